The van der Waals surface area contributed by atoms with Gasteiger partial charge in [-0.25, -0.2) is 4.79 Å². The Morgan fingerprint density at radius 2 is 1.84 bits per heavy atom. The molecule has 0 aromatic carbocycles. The predicted octanol–water partition coefficient (Wildman–Crippen LogP) is 0.145. The average Bonchev–Trinajstić information content (AvgIpc) is 3.24. The molecule has 4 aliphatic rings. The molecule has 0 saturated carbocycles. The number of carboxylic acid groups (broad SMARTS) is 1. The minimum absolute atomic E-state index is 0.0768. The van der Waals surface area contributed by atoms with Crippen LogP contribution in [0.1, 0.15) is 33.1 Å². The van der Waals surface area contributed by atoms with Crippen LogP contribution in [0.3, 0.4) is 0 Å². The molecule has 5 atom stereocenters. The molecular formula is C22H34N4O5S. The number of carbonyl (C=O) groups is 3. The Morgan fingerprint density at radius 3 is 2.44 bits per heavy atom. The molecule has 0 aromatic rings. The second kappa shape index (κ2) is 9.32. The number of aliphatic hydroxyl groups is 1. The number of rotatable bonds is 8. The normalized spacial score (nSPS) is 32.8. The lowest BCUT2D eigenvalue weighted by molar-refractivity contribution is -0.163. The van der Waals surface area contributed by atoms with Crippen molar-refractivity contribution in [3.05, 3.63) is 10.6 Å². The van der Waals surface area contributed by atoms with E-state index >= 15 is 0 Å². The number of aliphatic carboxylic acids is 1. The van der Waals surface area contributed by atoms with Gasteiger partial charge in [0, 0.05) is 29.2 Å². The topological polar surface area (TPSA) is 127 Å². The summed E-state index contributed by atoms with van der Waals surface area (Å²) in [5, 5.41) is 20.1. The van der Waals surface area contributed by atoms with E-state index in [1.165, 1.54) is 4.90 Å². The minimum atomic E-state index is -1.06. The molecule has 178 valence electrons. The Labute approximate surface area is 193 Å². The number of fused-ring (bicyclic) bond motifs is 1. The molecule has 32 heavy (non-hydrogen) atoms. The zero-order valence-electron chi connectivity index (χ0n) is 18.8. The predicted molar refractivity (Wildman–Crippen MR) is 120 cm³/mol. The molecule has 0 aromatic heterocycles. The van der Waals surface area contributed by atoms with Crippen LogP contribution < -0.4 is 5.73 Å². The summed E-state index contributed by atoms with van der Waals surface area (Å²) in [6.07, 6.45) is 2.34. The molecule has 2 amide bonds. The van der Waals surface area contributed by atoms with Crippen LogP contribution in [-0.4, -0.2) is 99.4 Å². The van der Waals surface area contributed by atoms with Crippen LogP contribution in [0.15, 0.2) is 10.6 Å². The summed E-state index contributed by atoms with van der Waals surface area (Å²) < 4.78 is 0. The van der Waals surface area contributed by atoms with Crippen LogP contribution >= 0.6 is 11.8 Å². The number of β-lactam (4-membered cyclic amide) rings is 1. The third-order valence-corrected chi connectivity index (χ3v) is 8.97. The Morgan fingerprint density at radius 1 is 1.19 bits per heavy atom. The lowest BCUT2D eigenvalue weighted by Gasteiger charge is -2.46. The third-order valence-electron chi connectivity index (χ3n) is 7.44. The Balaban J connectivity index is 1.33. The molecule has 0 bridgehead atoms. The first-order valence-corrected chi connectivity index (χ1v) is 12.4. The number of aliphatic hydroxyl groups excluding tert-OH is 1. The van der Waals surface area contributed by atoms with E-state index in [0.717, 1.165) is 56.9 Å². The molecule has 1 unspecified atom stereocenters. The molecule has 3 saturated heterocycles. The van der Waals surface area contributed by atoms with Crippen LogP contribution in [0.25, 0.3) is 0 Å². The number of carboxylic acids is 1. The van der Waals surface area contributed by atoms with Crippen molar-refractivity contribution in [1.82, 2.24) is 14.7 Å². The van der Waals surface area contributed by atoms with Gasteiger partial charge in [0.25, 0.3) is 0 Å². The number of piperidine rings is 1. The lowest BCUT2D eigenvalue weighted by atomic mass is 9.79. The summed E-state index contributed by atoms with van der Waals surface area (Å²) >= 11 is 1.62. The number of amides is 2. The van der Waals surface area contributed by atoms with Crippen molar-refractivity contribution in [2.75, 3.05) is 39.3 Å². The molecule has 10 heteroatoms. The number of carbonyl (C=O) groups excluding carboxylic acids is 2. The van der Waals surface area contributed by atoms with Gasteiger partial charge in [-0.2, -0.15) is 0 Å². The summed E-state index contributed by atoms with van der Waals surface area (Å²) in [6, 6.07) is -0.251. The highest BCUT2D eigenvalue weighted by Gasteiger charge is 2.60. The number of primary amides is 1. The number of nitrogens with two attached hydrogens (primary N) is 1. The van der Waals surface area contributed by atoms with E-state index in [1.807, 2.05) is 6.92 Å². The first-order chi connectivity index (χ1) is 15.2. The van der Waals surface area contributed by atoms with Crippen LogP contribution in [-0.2, 0) is 14.4 Å². The van der Waals surface area contributed by atoms with E-state index in [2.05, 4.69) is 9.80 Å². The maximum atomic E-state index is 12.5. The van der Waals surface area contributed by atoms with Gasteiger partial charge in [-0.3, -0.25) is 14.5 Å². The van der Waals surface area contributed by atoms with Gasteiger partial charge in [-0.15, -0.1) is 11.8 Å². The van der Waals surface area contributed by atoms with Crippen molar-refractivity contribution in [2.45, 2.75) is 50.5 Å². The lowest BCUT2D eigenvalue weighted by Crippen LogP contribution is -2.63. The molecule has 0 spiro atoms. The summed E-state index contributed by atoms with van der Waals surface area (Å²) in [4.78, 5) is 42.4. The van der Waals surface area contributed by atoms with Gasteiger partial charge in [-0.1, -0.05) is 6.92 Å². The molecular weight excluding hydrogens is 432 g/mol. The van der Waals surface area contributed by atoms with Crippen LogP contribution in [0.2, 0.25) is 0 Å². The maximum absolute atomic E-state index is 12.5. The summed E-state index contributed by atoms with van der Waals surface area (Å²) in [5.41, 5.74) is 5.42. The van der Waals surface area contributed by atoms with Crippen LogP contribution in [0.5, 0.6) is 0 Å². The van der Waals surface area contributed by atoms with Crippen molar-refractivity contribution in [3.8, 4) is 0 Å². The van der Waals surface area contributed by atoms with E-state index in [-0.39, 0.29) is 29.5 Å². The number of hydrogen-bond donors (Lipinski definition) is 3. The van der Waals surface area contributed by atoms with Crippen LogP contribution in [0, 0.1) is 17.8 Å². The number of likely N-dealkylation sites (tertiary alicyclic amines) is 2. The van der Waals surface area contributed by atoms with Crippen molar-refractivity contribution < 1.29 is 24.6 Å². The number of nitrogens with zero attached hydrogens (tertiary/aromatic N) is 3. The quantitative estimate of drug-likeness (QED) is 0.431. The monoisotopic (exact) mass is 466 g/mol. The Hall–Kier alpha value is -1.62. The van der Waals surface area contributed by atoms with Crippen molar-refractivity contribution >= 4 is 29.5 Å². The summed E-state index contributed by atoms with van der Waals surface area (Å²) in [7, 11) is 0. The largest absolute Gasteiger partial charge is 0.477 e. The van der Waals surface area contributed by atoms with E-state index in [1.54, 1.807) is 18.7 Å². The van der Waals surface area contributed by atoms with Gasteiger partial charge in [0.15, 0.2) is 0 Å². The molecule has 0 radical (unpaired) electrons. The molecule has 4 heterocycles. The molecule has 3 fully saturated rings. The Kier molecular flexibility index (Phi) is 6.86. The first-order valence-electron chi connectivity index (χ1n) is 11.6. The van der Waals surface area contributed by atoms with E-state index in [9.17, 15) is 24.6 Å². The fraction of sp³-hybridized carbons (Fsp3) is 0.773. The van der Waals surface area contributed by atoms with Gasteiger partial charge in [0.05, 0.1) is 24.6 Å². The zero-order chi connectivity index (χ0) is 23.2. The molecule has 4 aliphatic heterocycles. The van der Waals surface area contributed by atoms with Gasteiger partial charge >= 0.3 is 5.97 Å². The van der Waals surface area contributed by atoms with Gasteiger partial charge in [-0.05, 0) is 51.7 Å². The highest BCUT2D eigenvalue weighted by Crippen LogP contribution is 2.51. The van der Waals surface area contributed by atoms with Crippen molar-refractivity contribution in [3.63, 3.8) is 0 Å². The molecule has 0 aliphatic carbocycles. The molecule has 4 rings (SSSR count). The zero-order valence-corrected chi connectivity index (χ0v) is 19.6. The second-order valence-corrected chi connectivity index (χ2v) is 11.1. The van der Waals surface area contributed by atoms with E-state index < -0.39 is 18.0 Å². The fourth-order valence-corrected chi connectivity index (χ4v) is 7.35. The number of hydrogen-bond acceptors (Lipinski definition) is 7. The van der Waals surface area contributed by atoms with Gasteiger partial charge in [0.1, 0.15) is 5.70 Å². The average molecular weight is 467 g/mol. The highest BCUT2D eigenvalue weighted by molar-refractivity contribution is 8.03. The van der Waals surface area contributed by atoms with Gasteiger partial charge in [0.2, 0.25) is 11.8 Å². The van der Waals surface area contributed by atoms with Crippen molar-refractivity contribution in [1.29, 1.82) is 0 Å². The Bertz CT molecular complexity index is 810. The van der Waals surface area contributed by atoms with Crippen molar-refractivity contribution in [2.24, 2.45) is 23.5 Å². The van der Waals surface area contributed by atoms with E-state index in [0.29, 0.717) is 17.7 Å². The maximum Gasteiger partial charge on any atom is 0.353 e. The third kappa shape index (κ3) is 4.42. The van der Waals surface area contributed by atoms with Crippen LogP contribution in [0.4, 0.5) is 0 Å². The van der Waals surface area contributed by atoms with E-state index in [4.69, 9.17) is 5.73 Å². The SMILES string of the molecule is C[C@H]1C(S[C@@H]2CCN(CC3CCN(CC(N)=O)CC3)C2)=C(C(=O)O)N2C(=O)[C@H]([C@@H](C)O)C12. The minimum Gasteiger partial charge on any atom is -0.477 e. The fourth-order valence-electron chi connectivity index (χ4n) is 5.83. The standard InChI is InChI=1S/C22H34N4O5S/c1-12-18-17(13(2)27)21(29)26(18)19(22(30)31)20(12)32-15-5-8-25(10-15)9-14-3-6-24(7-4-14)11-16(23)28/h12-15,17-18,27H,3-11H2,1-2H3,(H2,23,28)(H,30,31)/t12-,13-,15-,17-,18?/m1/s1. The highest BCUT2D eigenvalue weighted by atomic mass is 32.2. The first kappa shape index (κ1) is 23.5. The summed E-state index contributed by atoms with van der Waals surface area (Å²) in [5.74, 6) is -1.60. The second-order valence-electron chi connectivity index (χ2n) is 9.75. The number of thioether (sulfide) groups is 1. The smallest absolute Gasteiger partial charge is 0.353 e. The molecule has 4 N–H and O–H groups in total. The molecule has 9 nitrogen and oxygen atoms in total. The summed E-state index contributed by atoms with van der Waals surface area (Å²) in [6.45, 7) is 8.66. The van der Waals surface area contributed by atoms with Gasteiger partial charge < -0.3 is 25.7 Å².